The summed E-state index contributed by atoms with van der Waals surface area (Å²) in [6.45, 7) is 5.21. The molecule has 0 aliphatic carbocycles. The Bertz CT molecular complexity index is 443. The molecule has 0 atom stereocenters. The highest BCUT2D eigenvalue weighted by molar-refractivity contribution is 5.95. The summed E-state index contributed by atoms with van der Waals surface area (Å²) in [4.78, 5) is 14.0. The molecule has 0 saturated heterocycles. The summed E-state index contributed by atoms with van der Waals surface area (Å²) in [6.07, 6.45) is 1.45. The molecule has 0 spiro atoms. The Morgan fingerprint density at radius 3 is 2.83 bits per heavy atom. The van der Waals surface area contributed by atoms with Crippen molar-refractivity contribution < 1.29 is 9.53 Å². The average molecular weight is 248 g/mol. The number of rotatable bonds is 2. The number of hydrogen-bond donors (Lipinski definition) is 1. The number of anilines is 2. The standard InChI is InChI=1S/C14H20N2O2/c1-10(2)16-8-4-5-14(17)15-12-7-6-11(18-3)9-13(12)16/h6-7,9-10H,4-5,8H2,1-3H3,(H,15,17). The first kappa shape index (κ1) is 12.7. The highest BCUT2D eigenvalue weighted by Gasteiger charge is 2.19. The van der Waals surface area contributed by atoms with E-state index < -0.39 is 0 Å². The molecule has 0 saturated carbocycles. The van der Waals surface area contributed by atoms with Crippen molar-refractivity contribution in [1.29, 1.82) is 0 Å². The lowest BCUT2D eigenvalue weighted by Crippen LogP contribution is -2.34. The first-order valence-electron chi connectivity index (χ1n) is 6.36. The molecule has 18 heavy (non-hydrogen) atoms. The highest BCUT2D eigenvalue weighted by Crippen LogP contribution is 2.33. The number of nitrogens with zero attached hydrogens (tertiary/aromatic N) is 1. The third-order valence-electron chi connectivity index (χ3n) is 3.21. The van der Waals surface area contributed by atoms with Gasteiger partial charge in [0.2, 0.25) is 5.91 Å². The minimum absolute atomic E-state index is 0.0878. The van der Waals surface area contributed by atoms with Crippen LogP contribution in [-0.4, -0.2) is 25.6 Å². The van der Waals surface area contributed by atoms with Crippen molar-refractivity contribution >= 4 is 17.3 Å². The molecule has 98 valence electrons. The summed E-state index contributed by atoms with van der Waals surface area (Å²) in [6, 6.07) is 6.17. The molecule has 0 unspecified atom stereocenters. The normalized spacial score (nSPS) is 15.8. The second-order valence-corrected chi connectivity index (χ2v) is 4.82. The maximum Gasteiger partial charge on any atom is 0.224 e. The summed E-state index contributed by atoms with van der Waals surface area (Å²) in [5, 5.41) is 2.96. The zero-order chi connectivity index (χ0) is 13.1. The molecule has 1 aliphatic rings. The second-order valence-electron chi connectivity index (χ2n) is 4.82. The predicted octanol–water partition coefficient (Wildman–Crippen LogP) is 2.64. The summed E-state index contributed by atoms with van der Waals surface area (Å²) >= 11 is 0. The molecule has 1 heterocycles. The molecule has 0 bridgehead atoms. The van der Waals surface area contributed by atoms with Crippen LogP contribution in [-0.2, 0) is 4.79 Å². The summed E-state index contributed by atoms with van der Waals surface area (Å²) in [5.41, 5.74) is 1.91. The maximum absolute atomic E-state index is 11.7. The van der Waals surface area contributed by atoms with E-state index in [1.807, 2.05) is 18.2 Å². The van der Waals surface area contributed by atoms with Gasteiger partial charge in [0.15, 0.2) is 0 Å². The van der Waals surface area contributed by atoms with E-state index in [4.69, 9.17) is 4.74 Å². The van der Waals surface area contributed by atoms with Crippen LogP contribution in [0.5, 0.6) is 5.75 Å². The Morgan fingerprint density at radius 1 is 1.39 bits per heavy atom. The fourth-order valence-corrected chi connectivity index (χ4v) is 2.26. The van der Waals surface area contributed by atoms with Crippen molar-refractivity contribution in [1.82, 2.24) is 0 Å². The van der Waals surface area contributed by atoms with Gasteiger partial charge < -0.3 is 15.0 Å². The Balaban J connectivity index is 2.44. The topological polar surface area (TPSA) is 41.6 Å². The number of fused-ring (bicyclic) bond motifs is 1. The van der Waals surface area contributed by atoms with E-state index in [0.717, 1.165) is 30.1 Å². The molecule has 4 heteroatoms. The molecule has 2 rings (SSSR count). The maximum atomic E-state index is 11.7. The number of amides is 1. The molecule has 0 radical (unpaired) electrons. The Labute approximate surface area is 108 Å². The summed E-state index contributed by atoms with van der Waals surface area (Å²) < 4.78 is 5.27. The molecule has 1 N–H and O–H groups in total. The zero-order valence-corrected chi connectivity index (χ0v) is 11.2. The molecule has 0 fully saturated rings. The van der Waals surface area contributed by atoms with Crippen molar-refractivity contribution in [2.45, 2.75) is 32.7 Å². The van der Waals surface area contributed by atoms with E-state index in [1.54, 1.807) is 7.11 Å². The van der Waals surface area contributed by atoms with Gasteiger partial charge in [-0.15, -0.1) is 0 Å². The largest absolute Gasteiger partial charge is 0.497 e. The van der Waals surface area contributed by atoms with Gasteiger partial charge in [0, 0.05) is 25.1 Å². The number of carbonyl (C=O) groups is 1. The molecule has 1 aromatic rings. The number of ether oxygens (including phenoxy) is 1. The third-order valence-corrected chi connectivity index (χ3v) is 3.21. The monoisotopic (exact) mass is 248 g/mol. The van der Waals surface area contributed by atoms with E-state index in [1.165, 1.54) is 0 Å². The Kier molecular flexibility index (Phi) is 3.75. The highest BCUT2D eigenvalue weighted by atomic mass is 16.5. The van der Waals surface area contributed by atoms with E-state index in [-0.39, 0.29) is 5.91 Å². The van der Waals surface area contributed by atoms with E-state index >= 15 is 0 Å². The van der Waals surface area contributed by atoms with Crippen LogP contribution in [0.4, 0.5) is 11.4 Å². The van der Waals surface area contributed by atoms with Gasteiger partial charge in [-0.05, 0) is 32.4 Å². The number of methoxy groups -OCH3 is 1. The van der Waals surface area contributed by atoms with Gasteiger partial charge in [0.05, 0.1) is 18.5 Å². The van der Waals surface area contributed by atoms with Crippen molar-refractivity contribution in [2.75, 3.05) is 23.9 Å². The average Bonchev–Trinajstić information content (AvgIpc) is 2.32. The van der Waals surface area contributed by atoms with Crippen LogP contribution in [0.1, 0.15) is 26.7 Å². The predicted molar refractivity (Wildman–Crippen MR) is 73.3 cm³/mol. The number of hydrogen-bond acceptors (Lipinski definition) is 3. The SMILES string of the molecule is COc1ccc2c(c1)N(C(C)C)CCCC(=O)N2. The molecule has 1 aromatic carbocycles. The lowest BCUT2D eigenvalue weighted by molar-refractivity contribution is -0.116. The minimum atomic E-state index is 0.0878. The number of carbonyl (C=O) groups excluding carboxylic acids is 1. The van der Waals surface area contributed by atoms with Crippen LogP contribution in [0.3, 0.4) is 0 Å². The van der Waals surface area contributed by atoms with Crippen molar-refractivity contribution in [3.05, 3.63) is 18.2 Å². The molecule has 0 aromatic heterocycles. The smallest absolute Gasteiger partial charge is 0.224 e. The third kappa shape index (κ3) is 2.58. The van der Waals surface area contributed by atoms with Crippen molar-refractivity contribution in [2.24, 2.45) is 0 Å². The van der Waals surface area contributed by atoms with Gasteiger partial charge in [-0.2, -0.15) is 0 Å². The minimum Gasteiger partial charge on any atom is -0.497 e. The van der Waals surface area contributed by atoms with Crippen LogP contribution >= 0.6 is 0 Å². The molecule has 1 amide bonds. The summed E-state index contributed by atoms with van der Waals surface area (Å²) in [7, 11) is 1.66. The van der Waals surface area contributed by atoms with Crippen LogP contribution in [0.2, 0.25) is 0 Å². The van der Waals surface area contributed by atoms with E-state index in [0.29, 0.717) is 12.5 Å². The van der Waals surface area contributed by atoms with Crippen LogP contribution in [0.25, 0.3) is 0 Å². The van der Waals surface area contributed by atoms with Gasteiger partial charge >= 0.3 is 0 Å². The van der Waals surface area contributed by atoms with Gasteiger partial charge in [-0.3, -0.25) is 4.79 Å². The first-order valence-corrected chi connectivity index (χ1v) is 6.36. The number of benzene rings is 1. The lowest BCUT2D eigenvalue weighted by Gasteiger charge is -2.32. The molecular weight excluding hydrogens is 228 g/mol. The van der Waals surface area contributed by atoms with Crippen LogP contribution in [0, 0.1) is 0 Å². The van der Waals surface area contributed by atoms with Gasteiger partial charge in [0.25, 0.3) is 0 Å². The van der Waals surface area contributed by atoms with Crippen molar-refractivity contribution in [3.63, 3.8) is 0 Å². The number of nitrogens with one attached hydrogen (secondary N) is 1. The lowest BCUT2D eigenvalue weighted by atomic mass is 10.1. The van der Waals surface area contributed by atoms with E-state index in [2.05, 4.69) is 24.1 Å². The van der Waals surface area contributed by atoms with Gasteiger partial charge in [-0.25, -0.2) is 0 Å². The molecule has 1 aliphatic heterocycles. The van der Waals surface area contributed by atoms with Crippen molar-refractivity contribution in [3.8, 4) is 5.75 Å². The fraction of sp³-hybridized carbons (Fsp3) is 0.500. The van der Waals surface area contributed by atoms with Crippen LogP contribution < -0.4 is 15.0 Å². The molecular formula is C14H20N2O2. The Morgan fingerprint density at radius 2 is 2.17 bits per heavy atom. The van der Waals surface area contributed by atoms with Gasteiger partial charge in [-0.1, -0.05) is 0 Å². The fourth-order valence-electron chi connectivity index (χ4n) is 2.26. The first-order chi connectivity index (χ1) is 8.61. The summed E-state index contributed by atoms with van der Waals surface area (Å²) in [5.74, 6) is 0.902. The second kappa shape index (κ2) is 5.29. The molecule has 4 nitrogen and oxygen atoms in total. The van der Waals surface area contributed by atoms with E-state index in [9.17, 15) is 4.79 Å². The van der Waals surface area contributed by atoms with Gasteiger partial charge in [0.1, 0.15) is 5.75 Å². The van der Waals surface area contributed by atoms with Crippen LogP contribution in [0.15, 0.2) is 18.2 Å². The quantitative estimate of drug-likeness (QED) is 0.874. The Hall–Kier alpha value is -1.71. The zero-order valence-electron chi connectivity index (χ0n) is 11.2.